The van der Waals surface area contributed by atoms with Crippen molar-refractivity contribution in [1.82, 2.24) is 4.98 Å². The molecular weight excluding hydrogens is 250 g/mol. The molecule has 0 spiro atoms. The van der Waals surface area contributed by atoms with Gasteiger partial charge in [0.25, 0.3) is 0 Å². The van der Waals surface area contributed by atoms with E-state index >= 15 is 0 Å². The van der Waals surface area contributed by atoms with Crippen molar-refractivity contribution in [2.75, 3.05) is 6.61 Å². The van der Waals surface area contributed by atoms with Crippen LogP contribution in [0.15, 0.2) is 18.3 Å². The molecule has 2 N–H and O–H groups in total. The third-order valence-corrected chi connectivity index (χ3v) is 3.39. The van der Waals surface area contributed by atoms with Crippen molar-refractivity contribution in [3.63, 3.8) is 0 Å². The lowest BCUT2D eigenvalue weighted by molar-refractivity contribution is -0.191. The van der Waals surface area contributed by atoms with Crippen molar-refractivity contribution in [1.29, 1.82) is 0 Å². The SMILES string of the molecule is CC1(C)O[C@@H]2[C@H](O1)[C@@H](CO)O[C@H]2c1ccc(O)cn1. The topological polar surface area (TPSA) is 81.0 Å². The van der Waals surface area contributed by atoms with Crippen LogP contribution in [-0.4, -0.2) is 45.9 Å². The first kappa shape index (κ1) is 12.8. The number of hydrogen-bond donors (Lipinski definition) is 2. The van der Waals surface area contributed by atoms with Gasteiger partial charge in [0, 0.05) is 0 Å². The summed E-state index contributed by atoms with van der Waals surface area (Å²) in [6.07, 6.45) is -0.0670. The van der Waals surface area contributed by atoms with E-state index in [0.29, 0.717) is 5.69 Å². The standard InChI is InChI=1S/C13H17NO5/c1-13(2)18-11-9(6-15)17-10(12(11)19-13)8-4-3-7(16)5-14-8/h3-5,9-12,15-16H,6H2,1-2H3/t9-,10+,11-,12+/m1/s1. The van der Waals surface area contributed by atoms with Gasteiger partial charge in [0.05, 0.1) is 18.5 Å². The van der Waals surface area contributed by atoms with Crippen LogP contribution in [0.3, 0.4) is 0 Å². The Morgan fingerprint density at radius 2 is 2.00 bits per heavy atom. The van der Waals surface area contributed by atoms with Crippen molar-refractivity contribution < 1.29 is 24.4 Å². The lowest BCUT2D eigenvalue weighted by atomic mass is 10.1. The summed E-state index contributed by atoms with van der Waals surface area (Å²) in [5.41, 5.74) is 0.657. The first-order valence-corrected chi connectivity index (χ1v) is 6.27. The third-order valence-electron chi connectivity index (χ3n) is 3.39. The lowest BCUT2D eigenvalue weighted by Crippen LogP contribution is -2.31. The maximum absolute atomic E-state index is 9.37. The van der Waals surface area contributed by atoms with Gasteiger partial charge in [0.15, 0.2) is 5.79 Å². The molecule has 2 fully saturated rings. The number of aromatic nitrogens is 1. The number of hydrogen-bond acceptors (Lipinski definition) is 6. The molecule has 0 radical (unpaired) electrons. The van der Waals surface area contributed by atoms with Crippen LogP contribution in [0.5, 0.6) is 5.75 Å². The second-order valence-electron chi connectivity index (χ2n) is 5.28. The summed E-state index contributed by atoms with van der Waals surface area (Å²) in [7, 11) is 0. The van der Waals surface area contributed by atoms with Gasteiger partial charge in [0.2, 0.25) is 0 Å². The van der Waals surface area contributed by atoms with Crippen LogP contribution < -0.4 is 0 Å². The smallest absolute Gasteiger partial charge is 0.164 e. The molecule has 1 aromatic heterocycles. The van der Waals surface area contributed by atoms with Crippen LogP contribution in [0.25, 0.3) is 0 Å². The first-order valence-electron chi connectivity index (χ1n) is 6.27. The number of fused-ring (bicyclic) bond motifs is 1. The first-order chi connectivity index (χ1) is 9.00. The molecule has 0 saturated carbocycles. The van der Waals surface area contributed by atoms with Crippen LogP contribution in [0, 0.1) is 0 Å². The zero-order valence-electron chi connectivity index (χ0n) is 10.8. The van der Waals surface area contributed by atoms with E-state index in [9.17, 15) is 10.2 Å². The molecule has 0 bridgehead atoms. The van der Waals surface area contributed by atoms with Gasteiger partial charge in [-0.3, -0.25) is 4.98 Å². The molecule has 3 heterocycles. The van der Waals surface area contributed by atoms with E-state index < -0.39 is 18.0 Å². The Balaban J connectivity index is 1.88. The Hall–Kier alpha value is -1.21. The highest BCUT2D eigenvalue weighted by atomic mass is 16.8. The Kier molecular flexibility index (Phi) is 2.98. The number of nitrogens with zero attached hydrogens (tertiary/aromatic N) is 1. The molecule has 2 aliphatic heterocycles. The van der Waals surface area contributed by atoms with Gasteiger partial charge in [-0.1, -0.05) is 0 Å². The Labute approximate surface area is 110 Å². The summed E-state index contributed by atoms with van der Waals surface area (Å²) in [6, 6.07) is 3.24. The molecule has 2 saturated heterocycles. The molecule has 6 nitrogen and oxygen atoms in total. The molecule has 0 unspecified atom stereocenters. The Morgan fingerprint density at radius 3 is 2.63 bits per heavy atom. The molecular formula is C13H17NO5. The highest BCUT2D eigenvalue weighted by Crippen LogP contribution is 2.44. The molecule has 2 aliphatic rings. The zero-order valence-corrected chi connectivity index (χ0v) is 10.8. The van der Waals surface area contributed by atoms with Gasteiger partial charge in [-0.2, -0.15) is 0 Å². The van der Waals surface area contributed by atoms with Gasteiger partial charge in [-0.05, 0) is 26.0 Å². The van der Waals surface area contributed by atoms with E-state index in [4.69, 9.17) is 14.2 Å². The van der Waals surface area contributed by atoms with E-state index in [2.05, 4.69) is 4.98 Å². The van der Waals surface area contributed by atoms with E-state index in [1.807, 2.05) is 13.8 Å². The van der Waals surface area contributed by atoms with Crippen LogP contribution >= 0.6 is 0 Å². The van der Waals surface area contributed by atoms with Gasteiger partial charge in [0.1, 0.15) is 30.2 Å². The summed E-state index contributed by atoms with van der Waals surface area (Å²) in [6.45, 7) is 3.54. The average Bonchev–Trinajstić information content (AvgIpc) is 2.83. The monoisotopic (exact) mass is 267 g/mol. The summed E-state index contributed by atoms with van der Waals surface area (Å²) < 4.78 is 17.4. The molecule has 0 aromatic carbocycles. The van der Waals surface area contributed by atoms with Gasteiger partial charge >= 0.3 is 0 Å². The Morgan fingerprint density at radius 1 is 1.26 bits per heavy atom. The molecule has 19 heavy (non-hydrogen) atoms. The fraction of sp³-hybridized carbons (Fsp3) is 0.615. The molecule has 3 rings (SSSR count). The van der Waals surface area contributed by atoms with Crippen molar-refractivity contribution in [3.05, 3.63) is 24.0 Å². The highest BCUT2D eigenvalue weighted by molar-refractivity contribution is 5.21. The number of aliphatic hydroxyl groups is 1. The van der Waals surface area contributed by atoms with Crippen LogP contribution in [-0.2, 0) is 14.2 Å². The second kappa shape index (κ2) is 4.42. The molecule has 0 aliphatic carbocycles. The van der Waals surface area contributed by atoms with E-state index in [-0.39, 0.29) is 24.6 Å². The average molecular weight is 267 g/mol. The molecule has 6 heteroatoms. The van der Waals surface area contributed by atoms with Crippen molar-refractivity contribution in [2.45, 2.75) is 44.1 Å². The maximum atomic E-state index is 9.37. The normalized spacial score (nSPS) is 36.4. The molecule has 104 valence electrons. The van der Waals surface area contributed by atoms with E-state index in [1.54, 1.807) is 12.1 Å². The van der Waals surface area contributed by atoms with Crippen molar-refractivity contribution in [3.8, 4) is 5.75 Å². The fourth-order valence-corrected chi connectivity index (χ4v) is 2.63. The third kappa shape index (κ3) is 2.21. The quantitative estimate of drug-likeness (QED) is 0.822. The zero-order chi connectivity index (χ0) is 13.6. The molecule has 0 amide bonds. The highest BCUT2D eigenvalue weighted by Gasteiger charge is 2.55. The van der Waals surface area contributed by atoms with Crippen molar-refractivity contribution in [2.24, 2.45) is 0 Å². The van der Waals surface area contributed by atoms with Crippen molar-refractivity contribution >= 4 is 0 Å². The van der Waals surface area contributed by atoms with Gasteiger partial charge < -0.3 is 24.4 Å². The minimum atomic E-state index is -0.693. The number of rotatable bonds is 2. The van der Waals surface area contributed by atoms with E-state index in [1.165, 1.54) is 6.20 Å². The van der Waals surface area contributed by atoms with Crippen LogP contribution in [0.4, 0.5) is 0 Å². The molecule has 4 atom stereocenters. The largest absolute Gasteiger partial charge is 0.506 e. The maximum Gasteiger partial charge on any atom is 0.164 e. The number of aromatic hydroxyl groups is 1. The van der Waals surface area contributed by atoms with Crippen LogP contribution in [0.2, 0.25) is 0 Å². The second-order valence-corrected chi connectivity index (χ2v) is 5.28. The predicted octanol–water partition coefficient (Wildman–Crippen LogP) is 0.739. The van der Waals surface area contributed by atoms with E-state index in [0.717, 1.165) is 0 Å². The summed E-state index contributed by atoms with van der Waals surface area (Å²) in [4.78, 5) is 4.15. The predicted molar refractivity (Wildman–Crippen MR) is 64.4 cm³/mol. The summed E-state index contributed by atoms with van der Waals surface area (Å²) >= 11 is 0. The van der Waals surface area contributed by atoms with Gasteiger partial charge in [-0.15, -0.1) is 0 Å². The minimum absolute atomic E-state index is 0.0981. The number of ether oxygens (including phenoxy) is 3. The summed E-state index contributed by atoms with van der Waals surface area (Å²) in [5.74, 6) is -0.595. The Bertz CT molecular complexity index is 461. The summed E-state index contributed by atoms with van der Waals surface area (Å²) in [5, 5.41) is 18.6. The minimum Gasteiger partial charge on any atom is -0.506 e. The number of aliphatic hydroxyl groups excluding tert-OH is 1. The van der Waals surface area contributed by atoms with Gasteiger partial charge in [-0.25, -0.2) is 0 Å². The van der Waals surface area contributed by atoms with Crippen LogP contribution in [0.1, 0.15) is 25.6 Å². The lowest BCUT2D eigenvalue weighted by Gasteiger charge is -2.23. The molecule has 1 aromatic rings. The number of pyridine rings is 1. The fourth-order valence-electron chi connectivity index (χ4n) is 2.63.